The molecule has 0 aliphatic heterocycles. The maximum atomic E-state index is 11.0. The van der Waals surface area contributed by atoms with E-state index in [4.69, 9.17) is 9.29 Å². The summed E-state index contributed by atoms with van der Waals surface area (Å²) in [5, 5.41) is 1.96. The Kier molecular flexibility index (Phi) is 3.78. The zero-order valence-corrected chi connectivity index (χ0v) is 11.6. The molecule has 0 radical (unpaired) electrons. The maximum Gasteiger partial charge on any atom is 0.265 e. The van der Waals surface area contributed by atoms with Gasteiger partial charge in [0.25, 0.3) is 10.1 Å². The highest BCUT2D eigenvalue weighted by Crippen LogP contribution is 2.29. The molecule has 19 heavy (non-hydrogen) atoms. The molecule has 102 valence electrons. The second-order valence-corrected chi connectivity index (χ2v) is 6.08. The number of rotatable bonds is 4. The molecule has 0 aliphatic rings. The summed E-state index contributed by atoms with van der Waals surface area (Å²) in [5.74, 6) is 0.147. The molecule has 2 aromatic carbocycles. The minimum Gasteiger partial charge on any atom is -0.497 e. The maximum absolute atomic E-state index is 11.0. The highest BCUT2D eigenvalue weighted by Gasteiger charge is 2.16. The zero-order valence-electron chi connectivity index (χ0n) is 10.8. The van der Waals surface area contributed by atoms with Gasteiger partial charge in [0.2, 0.25) is 0 Å². The van der Waals surface area contributed by atoms with E-state index in [-0.39, 0.29) is 11.7 Å². The van der Waals surface area contributed by atoms with Crippen LogP contribution in [-0.2, 0) is 10.1 Å². The van der Waals surface area contributed by atoms with E-state index in [1.54, 1.807) is 14.0 Å². The summed E-state index contributed by atoms with van der Waals surface area (Å²) in [6.45, 7) is 1.78. The van der Waals surface area contributed by atoms with Crippen LogP contribution in [0.2, 0.25) is 0 Å². The monoisotopic (exact) mass is 280 g/mol. The van der Waals surface area contributed by atoms with Crippen molar-refractivity contribution in [2.24, 2.45) is 0 Å². The predicted molar refractivity (Wildman–Crippen MR) is 75.3 cm³/mol. The third-order valence-corrected chi connectivity index (χ3v) is 4.04. The van der Waals surface area contributed by atoms with Gasteiger partial charge in [0, 0.05) is 0 Å². The first-order valence-corrected chi connectivity index (χ1v) is 7.53. The fourth-order valence-corrected chi connectivity index (χ4v) is 3.05. The molecule has 0 saturated carbocycles. The Bertz CT molecular complexity index is 692. The van der Waals surface area contributed by atoms with Gasteiger partial charge in [-0.05, 0) is 34.4 Å². The van der Waals surface area contributed by atoms with Crippen LogP contribution in [0.25, 0.3) is 10.8 Å². The summed E-state index contributed by atoms with van der Waals surface area (Å²) >= 11 is 0. The van der Waals surface area contributed by atoms with Gasteiger partial charge < -0.3 is 4.74 Å². The van der Waals surface area contributed by atoms with Gasteiger partial charge in [-0.2, -0.15) is 8.42 Å². The molecule has 2 aromatic rings. The first kappa shape index (κ1) is 13.8. The van der Waals surface area contributed by atoms with Crippen LogP contribution in [0.4, 0.5) is 0 Å². The number of hydrogen-bond donors (Lipinski definition) is 1. The fraction of sp³-hybridized carbons (Fsp3) is 0.286. The van der Waals surface area contributed by atoms with E-state index >= 15 is 0 Å². The average Bonchev–Trinajstić information content (AvgIpc) is 2.35. The smallest absolute Gasteiger partial charge is 0.265 e. The predicted octanol–water partition coefficient (Wildman–Crippen LogP) is 2.84. The van der Waals surface area contributed by atoms with Crippen LogP contribution in [-0.4, -0.2) is 25.8 Å². The van der Waals surface area contributed by atoms with E-state index in [1.807, 2.05) is 36.4 Å². The second kappa shape index (κ2) is 5.19. The quantitative estimate of drug-likeness (QED) is 0.875. The van der Waals surface area contributed by atoms with Gasteiger partial charge in [0.1, 0.15) is 5.75 Å². The molecule has 5 heteroatoms. The van der Waals surface area contributed by atoms with Gasteiger partial charge in [0.15, 0.2) is 0 Å². The molecule has 1 atom stereocenters. The van der Waals surface area contributed by atoms with Gasteiger partial charge in [-0.1, -0.05) is 31.2 Å². The summed E-state index contributed by atoms with van der Waals surface area (Å²) < 4.78 is 36.2. The third kappa shape index (κ3) is 3.24. The normalized spacial score (nSPS) is 13.4. The van der Waals surface area contributed by atoms with Crippen LogP contribution in [0, 0.1) is 0 Å². The Hall–Kier alpha value is -1.59. The summed E-state index contributed by atoms with van der Waals surface area (Å²) in [6, 6.07) is 11.4. The van der Waals surface area contributed by atoms with E-state index in [2.05, 4.69) is 0 Å². The van der Waals surface area contributed by atoms with E-state index in [9.17, 15) is 8.42 Å². The van der Waals surface area contributed by atoms with Crippen molar-refractivity contribution in [1.82, 2.24) is 0 Å². The van der Waals surface area contributed by atoms with Gasteiger partial charge in [-0.25, -0.2) is 0 Å². The molecule has 0 amide bonds. The summed E-state index contributed by atoms with van der Waals surface area (Å²) in [7, 11) is -2.40. The molecule has 0 spiro atoms. The standard InChI is InChI=1S/C14H16O4S/c1-10(9-19(15,16)17)13-5-3-4-11-6-7-12(18-2)8-14(11)13/h3-8,10H,9H2,1-2H3,(H,15,16,17). The molecular formula is C14H16O4S. The Labute approximate surface area is 112 Å². The van der Waals surface area contributed by atoms with Gasteiger partial charge in [-0.3, -0.25) is 4.55 Å². The van der Waals surface area contributed by atoms with E-state index in [0.717, 1.165) is 22.1 Å². The molecule has 0 fully saturated rings. The number of fused-ring (bicyclic) bond motifs is 1. The van der Waals surface area contributed by atoms with Crippen molar-refractivity contribution in [2.75, 3.05) is 12.9 Å². The molecule has 1 unspecified atom stereocenters. The van der Waals surface area contributed by atoms with Crippen LogP contribution in [0.5, 0.6) is 5.75 Å². The van der Waals surface area contributed by atoms with Crippen molar-refractivity contribution in [3.8, 4) is 5.75 Å². The Morgan fingerprint density at radius 3 is 2.63 bits per heavy atom. The van der Waals surface area contributed by atoms with E-state index in [1.165, 1.54) is 0 Å². The molecule has 0 bridgehead atoms. The molecular weight excluding hydrogens is 264 g/mol. The van der Waals surface area contributed by atoms with Crippen LogP contribution in [0.15, 0.2) is 36.4 Å². The Morgan fingerprint density at radius 2 is 2.00 bits per heavy atom. The third-order valence-electron chi connectivity index (χ3n) is 3.11. The fourth-order valence-electron chi connectivity index (χ4n) is 2.24. The highest BCUT2D eigenvalue weighted by atomic mass is 32.2. The lowest BCUT2D eigenvalue weighted by atomic mass is 9.96. The highest BCUT2D eigenvalue weighted by molar-refractivity contribution is 7.85. The Morgan fingerprint density at radius 1 is 1.26 bits per heavy atom. The second-order valence-electron chi connectivity index (χ2n) is 4.58. The molecule has 0 heterocycles. The van der Waals surface area contributed by atoms with Crippen LogP contribution in [0.1, 0.15) is 18.4 Å². The van der Waals surface area contributed by atoms with E-state index in [0.29, 0.717) is 0 Å². The minimum absolute atomic E-state index is 0.286. The van der Waals surface area contributed by atoms with Crippen molar-refractivity contribution in [1.29, 1.82) is 0 Å². The topological polar surface area (TPSA) is 63.6 Å². The lowest BCUT2D eigenvalue weighted by Gasteiger charge is -2.14. The van der Waals surface area contributed by atoms with Crippen molar-refractivity contribution in [3.05, 3.63) is 42.0 Å². The number of benzene rings is 2. The molecule has 2 rings (SSSR count). The van der Waals surface area contributed by atoms with Crippen molar-refractivity contribution < 1.29 is 17.7 Å². The van der Waals surface area contributed by atoms with Gasteiger partial charge >= 0.3 is 0 Å². The van der Waals surface area contributed by atoms with Crippen molar-refractivity contribution in [3.63, 3.8) is 0 Å². The average molecular weight is 280 g/mol. The number of ether oxygens (including phenoxy) is 1. The SMILES string of the molecule is COc1ccc2cccc(C(C)CS(=O)(=O)O)c2c1. The number of methoxy groups -OCH3 is 1. The van der Waals surface area contributed by atoms with Crippen LogP contribution in [0.3, 0.4) is 0 Å². The molecule has 4 nitrogen and oxygen atoms in total. The molecule has 0 aliphatic carbocycles. The summed E-state index contributed by atoms with van der Waals surface area (Å²) in [4.78, 5) is 0. The summed E-state index contributed by atoms with van der Waals surface area (Å²) in [6.07, 6.45) is 0. The molecule has 1 N–H and O–H groups in total. The zero-order chi connectivity index (χ0) is 14.0. The van der Waals surface area contributed by atoms with Crippen LogP contribution >= 0.6 is 0 Å². The Balaban J connectivity index is 2.53. The first-order valence-electron chi connectivity index (χ1n) is 5.92. The largest absolute Gasteiger partial charge is 0.497 e. The lowest BCUT2D eigenvalue weighted by Crippen LogP contribution is -2.11. The van der Waals surface area contributed by atoms with Gasteiger partial charge in [-0.15, -0.1) is 0 Å². The lowest BCUT2D eigenvalue weighted by molar-refractivity contribution is 0.415. The van der Waals surface area contributed by atoms with Crippen LogP contribution < -0.4 is 4.74 Å². The van der Waals surface area contributed by atoms with E-state index < -0.39 is 10.1 Å². The molecule has 0 aromatic heterocycles. The molecule has 0 saturated heterocycles. The van der Waals surface area contributed by atoms with Gasteiger partial charge in [0.05, 0.1) is 12.9 Å². The summed E-state index contributed by atoms with van der Waals surface area (Å²) in [5.41, 5.74) is 0.883. The van der Waals surface area contributed by atoms with Crippen molar-refractivity contribution in [2.45, 2.75) is 12.8 Å². The van der Waals surface area contributed by atoms with Crippen molar-refractivity contribution >= 4 is 20.9 Å². The number of hydrogen-bond acceptors (Lipinski definition) is 3. The first-order chi connectivity index (χ1) is 8.90. The minimum atomic E-state index is -3.99.